The Morgan fingerprint density at radius 3 is 2.47 bits per heavy atom. The number of carboxylic acids is 1. The highest BCUT2D eigenvalue weighted by Gasteiger charge is 2.44. The van der Waals surface area contributed by atoms with Crippen molar-refractivity contribution in [3.05, 3.63) is 104 Å². The van der Waals surface area contributed by atoms with Crippen LogP contribution >= 0.6 is 27.5 Å². The summed E-state index contributed by atoms with van der Waals surface area (Å²) in [6.45, 7) is 2.23. The van der Waals surface area contributed by atoms with E-state index >= 15 is 0 Å². The number of rotatable bonds is 4. The SMILES string of the molecule is Cc1cc(Cl)ccc1CN1C(=O)c2ccccc2C(C(=O)O)C1c1ccc(Br)cc1. The van der Waals surface area contributed by atoms with E-state index in [1.807, 2.05) is 43.3 Å². The molecule has 0 bridgehead atoms. The van der Waals surface area contributed by atoms with Crippen LogP contribution in [0.1, 0.15) is 44.6 Å². The van der Waals surface area contributed by atoms with E-state index in [2.05, 4.69) is 15.9 Å². The van der Waals surface area contributed by atoms with E-state index < -0.39 is 17.9 Å². The Morgan fingerprint density at radius 2 is 1.80 bits per heavy atom. The summed E-state index contributed by atoms with van der Waals surface area (Å²) >= 11 is 9.52. The summed E-state index contributed by atoms with van der Waals surface area (Å²) in [4.78, 5) is 27.6. The molecule has 0 saturated carbocycles. The highest BCUT2D eigenvalue weighted by Crippen LogP contribution is 2.44. The monoisotopic (exact) mass is 483 g/mol. The van der Waals surface area contributed by atoms with Crippen LogP contribution in [0.3, 0.4) is 0 Å². The number of benzene rings is 3. The molecule has 152 valence electrons. The Kier molecular flexibility index (Phi) is 5.67. The van der Waals surface area contributed by atoms with Crippen molar-refractivity contribution in [2.75, 3.05) is 0 Å². The lowest BCUT2D eigenvalue weighted by molar-refractivity contribution is -0.140. The second kappa shape index (κ2) is 8.25. The van der Waals surface area contributed by atoms with Gasteiger partial charge in [0.05, 0.1) is 6.04 Å². The van der Waals surface area contributed by atoms with Crippen LogP contribution in [-0.4, -0.2) is 21.9 Å². The number of hydrogen-bond acceptors (Lipinski definition) is 2. The molecule has 2 unspecified atom stereocenters. The summed E-state index contributed by atoms with van der Waals surface area (Å²) in [5.41, 5.74) is 3.64. The van der Waals surface area contributed by atoms with Gasteiger partial charge in [-0.3, -0.25) is 9.59 Å². The average Bonchev–Trinajstić information content (AvgIpc) is 2.72. The lowest BCUT2D eigenvalue weighted by Gasteiger charge is -2.41. The standard InChI is InChI=1S/C24H19BrClNO3/c1-14-12-18(26)11-8-16(14)13-27-22(15-6-9-17(25)10-7-15)21(24(29)30)19-4-2-3-5-20(19)23(27)28/h2-12,21-22H,13H2,1H3,(H,29,30). The molecule has 3 aromatic rings. The maximum Gasteiger partial charge on any atom is 0.313 e. The van der Waals surface area contributed by atoms with Crippen LogP contribution in [0, 0.1) is 6.92 Å². The fraction of sp³-hybridized carbons (Fsp3) is 0.167. The Balaban J connectivity index is 1.88. The van der Waals surface area contributed by atoms with Gasteiger partial charge in [-0.1, -0.05) is 63.9 Å². The number of fused-ring (bicyclic) bond motifs is 1. The van der Waals surface area contributed by atoms with E-state index in [1.54, 1.807) is 35.2 Å². The molecule has 0 fully saturated rings. The Labute approximate surface area is 188 Å². The Hall–Kier alpha value is -2.63. The Morgan fingerprint density at radius 1 is 1.10 bits per heavy atom. The van der Waals surface area contributed by atoms with Crippen molar-refractivity contribution in [3.8, 4) is 0 Å². The van der Waals surface area contributed by atoms with Crippen LogP contribution in [0.25, 0.3) is 0 Å². The molecule has 1 N–H and O–H groups in total. The molecule has 0 radical (unpaired) electrons. The number of carbonyl (C=O) groups is 2. The number of carboxylic acid groups (broad SMARTS) is 1. The van der Waals surface area contributed by atoms with Gasteiger partial charge < -0.3 is 10.0 Å². The first kappa shape index (κ1) is 20.6. The summed E-state index contributed by atoms with van der Waals surface area (Å²) < 4.78 is 0.890. The van der Waals surface area contributed by atoms with Gasteiger partial charge in [-0.2, -0.15) is 0 Å². The molecule has 3 aromatic carbocycles. The smallest absolute Gasteiger partial charge is 0.313 e. The third-order valence-electron chi connectivity index (χ3n) is 5.56. The van der Waals surface area contributed by atoms with E-state index in [1.165, 1.54) is 0 Å². The average molecular weight is 485 g/mol. The van der Waals surface area contributed by atoms with Gasteiger partial charge in [0.15, 0.2) is 0 Å². The van der Waals surface area contributed by atoms with Crippen LogP contribution < -0.4 is 0 Å². The molecule has 6 heteroatoms. The van der Waals surface area contributed by atoms with E-state index in [4.69, 9.17) is 11.6 Å². The first-order chi connectivity index (χ1) is 14.4. The van der Waals surface area contributed by atoms with E-state index in [0.29, 0.717) is 22.7 Å². The fourth-order valence-electron chi connectivity index (χ4n) is 4.08. The maximum absolute atomic E-state index is 13.5. The first-order valence-corrected chi connectivity index (χ1v) is 10.7. The van der Waals surface area contributed by atoms with Crippen LogP contribution in [-0.2, 0) is 11.3 Å². The molecular formula is C24H19BrClNO3. The lowest BCUT2D eigenvalue weighted by Crippen LogP contribution is -2.44. The van der Waals surface area contributed by atoms with E-state index in [9.17, 15) is 14.7 Å². The molecule has 0 saturated heterocycles. The third kappa shape index (κ3) is 3.75. The maximum atomic E-state index is 13.5. The highest BCUT2D eigenvalue weighted by atomic mass is 79.9. The van der Waals surface area contributed by atoms with E-state index in [0.717, 1.165) is 21.2 Å². The molecule has 4 nitrogen and oxygen atoms in total. The molecule has 1 aliphatic heterocycles. The zero-order valence-electron chi connectivity index (χ0n) is 16.2. The summed E-state index contributed by atoms with van der Waals surface area (Å²) in [6.07, 6.45) is 0. The molecule has 1 heterocycles. The molecule has 2 atom stereocenters. The van der Waals surface area contributed by atoms with Gasteiger partial charge in [-0.25, -0.2) is 0 Å². The predicted molar refractivity (Wildman–Crippen MR) is 120 cm³/mol. The number of carbonyl (C=O) groups excluding carboxylic acids is 1. The fourth-order valence-corrected chi connectivity index (χ4v) is 4.58. The van der Waals surface area contributed by atoms with Gasteiger partial charge in [0, 0.05) is 21.6 Å². The van der Waals surface area contributed by atoms with Crippen molar-refractivity contribution in [1.29, 1.82) is 0 Å². The van der Waals surface area contributed by atoms with Gasteiger partial charge in [0.1, 0.15) is 5.92 Å². The summed E-state index contributed by atoms with van der Waals surface area (Å²) in [6, 6.07) is 19.3. The van der Waals surface area contributed by atoms with Crippen molar-refractivity contribution >= 4 is 39.4 Å². The zero-order valence-corrected chi connectivity index (χ0v) is 18.5. The largest absolute Gasteiger partial charge is 0.481 e. The number of halogens is 2. The number of amides is 1. The predicted octanol–water partition coefficient (Wildman–Crippen LogP) is 5.98. The van der Waals surface area contributed by atoms with Gasteiger partial charge >= 0.3 is 5.97 Å². The van der Waals surface area contributed by atoms with Gasteiger partial charge in [0.25, 0.3) is 5.91 Å². The minimum atomic E-state index is -0.958. The molecule has 1 amide bonds. The minimum Gasteiger partial charge on any atom is -0.481 e. The number of nitrogens with zero attached hydrogens (tertiary/aromatic N) is 1. The number of aryl methyl sites for hydroxylation is 1. The second-order valence-corrected chi connectivity index (χ2v) is 8.76. The van der Waals surface area contributed by atoms with E-state index in [-0.39, 0.29) is 5.91 Å². The highest BCUT2D eigenvalue weighted by molar-refractivity contribution is 9.10. The molecule has 4 rings (SSSR count). The van der Waals surface area contributed by atoms with Crippen LogP contribution in [0.4, 0.5) is 0 Å². The lowest BCUT2D eigenvalue weighted by atomic mass is 9.79. The summed E-state index contributed by atoms with van der Waals surface area (Å²) in [5, 5.41) is 10.8. The molecule has 0 spiro atoms. The molecular weight excluding hydrogens is 466 g/mol. The molecule has 0 aliphatic carbocycles. The zero-order chi connectivity index (χ0) is 21.4. The quantitative estimate of drug-likeness (QED) is 0.496. The van der Waals surface area contributed by atoms with Crippen LogP contribution in [0.15, 0.2) is 71.2 Å². The van der Waals surface area contributed by atoms with Crippen molar-refractivity contribution in [2.45, 2.75) is 25.4 Å². The first-order valence-electron chi connectivity index (χ1n) is 9.50. The van der Waals surface area contributed by atoms with Gasteiger partial charge in [-0.15, -0.1) is 0 Å². The molecule has 1 aliphatic rings. The van der Waals surface area contributed by atoms with Crippen LogP contribution in [0.2, 0.25) is 5.02 Å². The summed E-state index contributed by atoms with van der Waals surface area (Å²) in [5.74, 6) is -2.00. The third-order valence-corrected chi connectivity index (χ3v) is 6.33. The van der Waals surface area contributed by atoms with Crippen molar-refractivity contribution in [1.82, 2.24) is 4.90 Å². The number of hydrogen-bond donors (Lipinski definition) is 1. The van der Waals surface area contributed by atoms with Gasteiger partial charge in [-0.05, 0) is 59.5 Å². The van der Waals surface area contributed by atoms with Gasteiger partial charge in [0.2, 0.25) is 0 Å². The van der Waals surface area contributed by atoms with Crippen molar-refractivity contribution < 1.29 is 14.7 Å². The van der Waals surface area contributed by atoms with Crippen molar-refractivity contribution in [2.24, 2.45) is 0 Å². The van der Waals surface area contributed by atoms with Crippen LogP contribution in [0.5, 0.6) is 0 Å². The normalized spacial score (nSPS) is 18.2. The molecule has 0 aromatic heterocycles. The minimum absolute atomic E-state index is 0.176. The van der Waals surface area contributed by atoms with Crippen molar-refractivity contribution in [3.63, 3.8) is 0 Å². The second-order valence-electron chi connectivity index (χ2n) is 7.40. The molecule has 30 heavy (non-hydrogen) atoms. The summed E-state index contributed by atoms with van der Waals surface area (Å²) in [7, 11) is 0. The number of aliphatic carboxylic acids is 1. The topological polar surface area (TPSA) is 57.6 Å². The Bertz CT molecular complexity index is 1130.